The molecule has 2 rings (SSSR count). The molecule has 3 N–H and O–H groups in total. The van der Waals surface area contributed by atoms with Crippen LogP contribution in [0, 0.1) is 11.3 Å². The van der Waals surface area contributed by atoms with Crippen LogP contribution in [0.15, 0.2) is 24.5 Å². The lowest BCUT2D eigenvalue weighted by Gasteiger charge is -2.04. The van der Waals surface area contributed by atoms with Gasteiger partial charge in [-0.3, -0.25) is 0 Å². The summed E-state index contributed by atoms with van der Waals surface area (Å²) in [6.45, 7) is 0. The molecular formula is C11H7N3O4. The maximum Gasteiger partial charge on any atom is 0.354 e. The number of nitriles is 1. The number of carboxylic acid groups (broad SMARTS) is 2. The predicted molar refractivity (Wildman–Crippen MR) is 58.8 cm³/mol. The Morgan fingerprint density at radius 3 is 2.61 bits per heavy atom. The van der Waals surface area contributed by atoms with E-state index in [-0.39, 0.29) is 22.6 Å². The highest BCUT2D eigenvalue weighted by Gasteiger charge is 2.19. The molecule has 0 bridgehead atoms. The number of aromatic carboxylic acids is 2. The third-order valence-corrected chi connectivity index (χ3v) is 2.37. The normalized spacial score (nSPS) is 9.94. The van der Waals surface area contributed by atoms with Crippen LogP contribution in [0.25, 0.3) is 5.69 Å². The summed E-state index contributed by atoms with van der Waals surface area (Å²) < 4.78 is 1.15. The summed E-state index contributed by atoms with van der Waals surface area (Å²) in [5, 5.41) is 26.7. The van der Waals surface area contributed by atoms with Gasteiger partial charge < -0.3 is 19.8 Å². The largest absolute Gasteiger partial charge is 0.477 e. The Balaban J connectivity index is 2.67. The van der Waals surface area contributed by atoms with E-state index in [0.29, 0.717) is 0 Å². The molecule has 0 aliphatic rings. The van der Waals surface area contributed by atoms with Crippen LogP contribution in [-0.2, 0) is 0 Å². The number of rotatable bonds is 3. The molecule has 0 fully saturated rings. The molecule has 0 saturated heterocycles. The van der Waals surface area contributed by atoms with Gasteiger partial charge in [-0.05, 0) is 12.1 Å². The highest BCUT2D eigenvalue weighted by atomic mass is 16.4. The van der Waals surface area contributed by atoms with Gasteiger partial charge in [-0.1, -0.05) is 0 Å². The second kappa shape index (κ2) is 4.10. The van der Waals surface area contributed by atoms with Crippen LogP contribution in [0.5, 0.6) is 0 Å². The van der Waals surface area contributed by atoms with Crippen molar-refractivity contribution < 1.29 is 19.8 Å². The summed E-state index contributed by atoms with van der Waals surface area (Å²) in [7, 11) is 0. The zero-order chi connectivity index (χ0) is 13.3. The monoisotopic (exact) mass is 245 g/mol. The smallest absolute Gasteiger partial charge is 0.354 e. The Bertz CT molecular complexity index is 675. The lowest BCUT2D eigenvalue weighted by molar-refractivity contribution is 0.0673. The van der Waals surface area contributed by atoms with E-state index in [1.165, 1.54) is 24.5 Å². The lowest BCUT2D eigenvalue weighted by atomic mass is 10.3. The first-order valence-electron chi connectivity index (χ1n) is 4.81. The molecule has 0 unspecified atom stereocenters. The summed E-state index contributed by atoms with van der Waals surface area (Å²) in [6, 6.07) is 4.42. The molecule has 0 aromatic carbocycles. The maximum atomic E-state index is 11.0. The van der Waals surface area contributed by atoms with Gasteiger partial charge in [-0.15, -0.1) is 0 Å². The number of aromatic nitrogens is 2. The van der Waals surface area contributed by atoms with E-state index in [2.05, 4.69) is 4.98 Å². The van der Waals surface area contributed by atoms with Crippen LogP contribution in [0.1, 0.15) is 26.5 Å². The predicted octanol–water partition coefficient (Wildman–Crippen LogP) is 1.07. The van der Waals surface area contributed by atoms with Gasteiger partial charge in [-0.2, -0.15) is 5.26 Å². The minimum Gasteiger partial charge on any atom is -0.477 e. The first-order chi connectivity index (χ1) is 8.54. The van der Waals surface area contributed by atoms with Crippen LogP contribution in [0.4, 0.5) is 0 Å². The van der Waals surface area contributed by atoms with Crippen molar-refractivity contribution in [3.63, 3.8) is 0 Å². The second-order valence-corrected chi connectivity index (χ2v) is 3.44. The Morgan fingerprint density at radius 2 is 2.06 bits per heavy atom. The Morgan fingerprint density at radius 1 is 1.33 bits per heavy atom. The van der Waals surface area contributed by atoms with Crippen molar-refractivity contribution in [1.29, 1.82) is 5.26 Å². The average molecular weight is 245 g/mol. The summed E-state index contributed by atoms with van der Waals surface area (Å²) in [6.07, 6.45) is 2.66. The maximum absolute atomic E-state index is 11.0. The van der Waals surface area contributed by atoms with Crippen molar-refractivity contribution in [2.75, 3.05) is 0 Å². The fourth-order valence-electron chi connectivity index (χ4n) is 1.62. The van der Waals surface area contributed by atoms with Crippen LogP contribution in [0.3, 0.4) is 0 Å². The molecule has 2 aromatic rings. The van der Waals surface area contributed by atoms with E-state index in [9.17, 15) is 9.59 Å². The number of carbonyl (C=O) groups is 2. The Hall–Kier alpha value is -3.01. The van der Waals surface area contributed by atoms with Gasteiger partial charge in [0.15, 0.2) is 0 Å². The first kappa shape index (κ1) is 11.5. The minimum absolute atomic E-state index is 0.141. The lowest BCUT2D eigenvalue weighted by Crippen LogP contribution is -2.09. The van der Waals surface area contributed by atoms with Crippen molar-refractivity contribution in [3.05, 3.63) is 41.5 Å². The molecular weight excluding hydrogens is 238 g/mol. The van der Waals surface area contributed by atoms with Gasteiger partial charge in [0.2, 0.25) is 0 Å². The number of carboxylic acids is 2. The summed E-state index contributed by atoms with van der Waals surface area (Å²) >= 11 is 0. The van der Waals surface area contributed by atoms with Crippen molar-refractivity contribution in [3.8, 4) is 11.8 Å². The fraction of sp³-hybridized carbons (Fsp3) is 0. The van der Waals surface area contributed by atoms with E-state index < -0.39 is 11.9 Å². The van der Waals surface area contributed by atoms with Gasteiger partial charge >= 0.3 is 11.9 Å². The van der Waals surface area contributed by atoms with Gasteiger partial charge in [-0.25, -0.2) is 9.59 Å². The zero-order valence-corrected chi connectivity index (χ0v) is 8.91. The highest BCUT2D eigenvalue weighted by Crippen LogP contribution is 2.19. The van der Waals surface area contributed by atoms with Crippen molar-refractivity contribution in [2.45, 2.75) is 0 Å². The number of nitrogens with one attached hydrogen (secondary N) is 1. The van der Waals surface area contributed by atoms with E-state index in [1.54, 1.807) is 0 Å². The van der Waals surface area contributed by atoms with Gasteiger partial charge in [0, 0.05) is 12.4 Å². The molecule has 0 spiro atoms. The van der Waals surface area contributed by atoms with Crippen molar-refractivity contribution in [1.82, 2.24) is 9.55 Å². The summed E-state index contributed by atoms with van der Waals surface area (Å²) in [5.74, 6) is -2.45. The van der Waals surface area contributed by atoms with Crippen LogP contribution < -0.4 is 0 Å². The minimum atomic E-state index is -1.24. The molecule has 0 aliphatic heterocycles. The standard InChI is InChI=1S/C11H7N3O4/c12-4-6-3-8(10(15)16)14(5-6)7-1-2-13-9(7)11(17)18/h1-3,5,13H,(H,15,16)(H,17,18). The van der Waals surface area contributed by atoms with Crippen LogP contribution in [0.2, 0.25) is 0 Å². The molecule has 0 amide bonds. The van der Waals surface area contributed by atoms with Crippen LogP contribution in [-0.4, -0.2) is 31.7 Å². The van der Waals surface area contributed by atoms with E-state index >= 15 is 0 Å². The number of hydrogen-bond acceptors (Lipinski definition) is 3. The van der Waals surface area contributed by atoms with E-state index in [4.69, 9.17) is 15.5 Å². The molecule has 90 valence electrons. The third-order valence-electron chi connectivity index (χ3n) is 2.37. The third kappa shape index (κ3) is 1.72. The second-order valence-electron chi connectivity index (χ2n) is 3.44. The molecule has 18 heavy (non-hydrogen) atoms. The fourth-order valence-corrected chi connectivity index (χ4v) is 1.62. The van der Waals surface area contributed by atoms with Crippen molar-refractivity contribution >= 4 is 11.9 Å². The number of aromatic amines is 1. The highest BCUT2D eigenvalue weighted by molar-refractivity contribution is 5.92. The van der Waals surface area contributed by atoms with Gasteiger partial charge in [0.25, 0.3) is 0 Å². The molecule has 0 aliphatic carbocycles. The molecule has 2 aromatic heterocycles. The van der Waals surface area contributed by atoms with Gasteiger partial charge in [0.1, 0.15) is 17.5 Å². The average Bonchev–Trinajstić information content (AvgIpc) is 2.94. The number of H-pyrrole nitrogens is 1. The Kier molecular flexibility index (Phi) is 2.61. The molecule has 7 heteroatoms. The number of nitrogens with zero attached hydrogens (tertiary/aromatic N) is 2. The molecule has 2 heterocycles. The van der Waals surface area contributed by atoms with Crippen LogP contribution >= 0.6 is 0 Å². The SMILES string of the molecule is N#Cc1cc(C(=O)O)n(-c2cc[nH]c2C(=O)O)c1. The summed E-state index contributed by atoms with van der Waals surface area (Å²) in [5.41, 5.74) is -0.00224. The van der Waals surface area contributed by atoms with Gasteiger partial charge in [0.05, 0.1) is 11.3 Å². The van der Waals surface area contributed by atoms with E-state index in [0.717, 1.165) is 4.57 Å². The molecule has 7 nitrogen and oxygen atoms in total. The number of hydrogen-bond donors (Lipinski definition) is 3. The topological polar surface area (TPSA) is 119 Å². The molecule has 0 radical (unpaired) electrons. The van der Waals surface area contributed by atoms with Crippen molar-refractivity contribution in [2.24, 2.45) is 0 Å². The Labute approximate surface area is 101 Å². The molecule has 0 atom stereocenters. The first-order valence-corrected chi connectivity index (χ1v) is 4.81. The van der Waals surface area contributed by atoms with E-state index in [1.807, 2.05) is 6.07 Å². The zero-order valence-electron chi connectivity index (χ0n) is 8.91. The quantitative estimate of drug-likeness (QED) is 0.747. The summed E-state index contributed by atoms with van der Waals surface area (Å²) in [4.78, 5) is 24.5. The molecule has 0 saturated carbocycles.